The third-order valence-corrected chi connectivity index (χ3v) is 10.2. The van der Waals surface area contributed by atoms with Crippen molar-refractivity contribution in [1.82, 2.24) is 0 Å². The Balaban J connectivity index is 3.45. The summed E-state index contributed by atoms with van der Waals surface area (Å²) in [6.07, 6.45) is 0. The van der Waals surface area contributed by atoms with Gasteiger partial charge in [-0.3, -0.25) is 0 Å². The van der Waals surface area contributed by atoms with Crippen molar-refractivity contribution in [2.24, 2.45) is 17.8 Å². The van der Waals surface area contributed by atoms with Crippen molar-refractivity contribution in [1.29, 1.82) is 0 Å². The van der Waals surface area contributed by atoms with Gasteiger partial charge in [-0.15, -0.1) is 0 Å². The highest BCUT2D eigenvalue weighted by Crippen LogP contribution is 2.33. The van der Waals surface area contributed by atoms with E-state index in [1.165, 1.54) is 18.2 Å². The van der Waals surface area contributed by atoms with Crippen LogP contribution in [0.2, 0.25) is 18.1 Å². The third kappa shape index (κ3) is 4.91. The van der Waals surface area contributed by atoms with Gasteiger partial charge in [-0.1, -0.05) is 65.7 Å². The van der Waals surface area contributed by atoms with Crippen LogP contribution in [-0.4, -0.2) is 8.07 Å². The molecule has 0 bridgehead atoms. The van der Waals surface area contributed by atoms with Gasteiger partial charge in [0.15, 0.2) is 0 Å². The van der Waals surface area contributed by atoms with E-state index in [1.54, 1.807) is 0 Å². The van der Waals surface area contributed by atoms with Crippen LogP contribution in [0.3, 0.4) is 0 Å². The number of rotatable bonds is 7. The summed E-state index contributed by atoms with van der Waals surface area (Å²) in [7, 11) is -2.20. The molecule has 0 aliphatic rings. The van der Waals surface area contributed by atoms with E-state index in [1.807, 2.05) is 0 Å². The molecule has 0 unspecified atom stereocenters. The lowest BCUT2D eigenvalue weighted by Gasteiger charge is -2.37. The molecule has 0 atom stereocenters. The Morgan fingerprint density at radius 2 is 1.10 bits per heavy atom. The maximum Gasteiger partial charge on any atom is 0.125 e. The molecule has 120 valence electrons. The Morgan fingerprint density at radius 1 is 0.762 bits per heavy atom. The van der Waals surface area contributed by atoms with Crippen LogP contribution in [-0.2, 0) is 0 Å². The molecular weight excluding hydrogens is 282 g/mol. The molecule has 0 spiro atoms. The second-order valence-electron chi connectivity index (χ2n) is 7.67. The summed E-state index contributed by atoms with van der Waals surface area (Å²) in [4.78, 5) is 0. The van der Waals surface area contributed by atoms with Gasteiger partial charge in [0.1, 0.15) is 11.6 Å². The molecule has 0 nitrogen and oxygen atoms in total. The van der Waals surface area contributed by atoms with E-state index in [2.05, 4.69) is 41.5 Å². The summed E-state index contributed by atoms with van der Waals surface area (Å²) in [5, 5.41) is 0.445. The summed E-state index contributed by atoms with van der Waals surface area (Å²) in [5.41, 5.74) is 0. The topological polar surface area (TPSA) is 0 Å². The van der Waals surface area contributed by atoms with E-state index in [0.29, 0.717) is 22.9 Å². The van der Waals surface area contributed by atoms with E-state index in [-0.39, 0.29) is 11.6 Å². The molecule has 0 heterocycles. The van der Waals surface area contributed by atoms with E-state index in [4.69, 9.17) is 0 Å². The Hall–Kier alpha value is -0.703. The zero-order chi connectivity index (χ0) is 16.2. The Bertz CT molecular complexity index is 406. The number of hydrogen-bond acceptors (Lipinski definition) is 0. The van der Waals surface area contributed by atoms with Crippen LogP contribution >= 0.6 is 0 Å². The van der Waals surface area contributed by atoms with E-state index in [0.717, 1.165) is 18.1 Å². The SMILES string of the molecule is CC(C)C[Si](CC(C)C)(CC(C)C)c1c(F)cccc1F. The lowest BCUT2D eigenvalue weighted by Crippen LogP contribution is -2.53. The average Bonchev–Trinajstić information content (AvgIpc) is 2.24. The zero-order valence-electron chi connectivity index (χ0n) is 14.3. The monoisotopic (exact) mass is 312 g/mol. The standard InChI is InChI=1S/C18H30F2Si/c1-13(2)10-21(11-14(3)4,12-15(5)6)18-16(19)8-7-9-17(18)20/h7-9,13-15H,10-12H2,1-6H3. The Morgan fingerprint density at radius 3 is 1.38 bits per heavy atom. The normalized spacial score (nSPS) is 12.7. The van der Waals surface area contributed by atoms with Crippen LogP contribution in [0, 0.1) is 29.4 Å². The fourth-order valence-corrected chi connectivity index (χ4v) is 10.9. The molecule has 0 aliphatic carbocycles. The maximum absolute atomic E-state index is 14.5. The largest absolute Gasteiger partial charge is 0.207 e. The minimum absolute atomic E-state index is 0.330. The van der Waals surface area contributed by atoms with Gasteiger partial charge >= 0.3 is 0 Å². The van der Waals surface area contributed by atoms with Gasteiger partial charge in [0, 0.05) is 5.19 Å². The first kappa shape index (κ1) is 18.3. The Labute approximate surface area is 130 Å². The van der Waals surface area contributed by atoms with Gasteiger partial charge in [-0.25, -0.2) is 8.78 Å². The number of halogens is 2. The van der Waals surface area contributed by atoms with E-state index in [9.17, 15) is 8.78 Å². The highest BCUT2D eigenvalue weighted by atomic mass is 28.3. The minimum atomic E-state index is -2.20. The van der Waals surface area contributed by atoms with Gasteiger partial charge in [-0.2, -0.15) is 0 Å². The molecule has 0 radical (unpaired) electrons. The lowest BCUT2D eigenvalue weighted by molar-refractivity contribution is 0.587. The summed E-state index contributed by atoms with van der Waals surface area (Å²) in [6.45, 7) is 13.0. The fourth-order valence-electron chi connectivity index (χ4n) is 3.91. The van der Waals surface area contributed by atoms with Crippen molar-refractivity contribution < 1.29 is 8.78 Å². The average molecular weight is 313 g/mol. The molecular formula is C18H30F2Si. The second kappa shape index (κ2) is 7.53. The molecule has 0 amide bonds. The minimum Gasteiger partial charge on any atom is -0.207 e. The van der Waals surface area contributed by atoms with Crippen molar-refractivity contribution in [2.45, 2.75) is 59.7 Å². The van der Waals surface area contributed by atoms with E-state index >= 15 is 0 Å². The molecule has 3 heteroatoms. The number of benzene rings is 1. The van der Waals surface area contributed by atoms with Crippen LogP contribution in [0.25, 0.3) is 0 Å². The van der Waals surface area contributed by atoms with Crippen molar-refractivity contribution in [3.63, 3.8) is 0 Å². The van der Waals surface area contributed by atoms with Crippen LogP contribution in [0.5, 0.6) is 0 Å². The molecule has 0 saturated carbocycles. The third-order valence-electron chi connectivity index (χ3n) is 3.89. The molecule has 21 heavy (non-hydrogen) atoms. The second-order valence-corrected chi connectivity index (χ2v) is 12.0. The van der Waals surface area contributed by atoms with Crippen molar-refractivity contribution in [3.05, 3.63) is 29.8 Å². The highest BCUT2D eigenvalue weighted by Gasteiger charge is 2.40. The highest BCUT2D eigenvalue weighted by molar-refractivity contribution is 6.92. The summed E-state index contributed by atoms with van der Waals surface area (Å²) in [6, 6.07) is 7.22. The molecule has 0 aromatic heterocycles. The first-order valence-corrected chi connectivity index (χ1v) is 10.7. The van der Waals surface area contributed by atoms with Gasteiger partial charge in [0.25, 0.3) is 0 Å². The van der Waals surface area contributed by atoms with Gasteiger partial charge < -0.3 is 0 Å². The van der Waals surface area contributed by atoms with Crippen LogP contribution in [0.15, 0.2) is 18.2 Å². The van der Waals surface area contributed by atoms with Crippen LogP contribution in [0.1, 0.15) is 41.5 Å². The first-order chi connectivity index (χ1) is 9.68. The quantitative estimate of drug-likeness (QED) is 0.576. The molecule has 1 aromatic carbocycles. The molecule has 0 N–H and O–H groups in total. The smallest absolute Gasteiger partial charge is 0.125 e. The summed E-state index contributed by atoms with van der Waals surface area (Å²) >= 11 is 0. The van der Waals surface area contributed by atoms with Crippen molar-refractivity contribution in [3.8, 4) is 0 Å². The molecule has 1 aromatic rings. The predicted octanol–water partition coefficient (Wildman–Crippen LogP) is 5.59. The maximum atomic E-state index is 14.5. The van der Waals surface area contributed by atoms with E-state index < -0.39 is 8.07 Å². The molecule has 0 fully saturated rings. The molecule has 1 rings (SSSR count). The van der Waals surface area contributed by atoms with Crippen LogP contribution in [0.4, 0.5) is 8.78 Å². The number of hydrogen-bond donors (Lipinski definition) is 0. The zero-order valence-corrected chi connectivity index (χ0v) is 15.3. The van der Waals surface area contributed by atoms with Crippen molar-refractivity contribution >= 4 is 13.3 Å². The van der Waals surface area contributed by atoms with Gasteiger partial charge in [0.05, 0.1) is 8.07 Å². The van der Waals surface area contributed by atoms with Crippen LogP contribution < -0.4 is 5.19 Å². The molecule has 0 aliphatic heterocycles. The predicted molar refractivity (Wildman–Crippen MR) is 90.7 cm³/mol. The molecule has 0 saturated heterocycles. The first-order valence-electron chi connectivity index (χ1n) is 8.12. The van der Waals surface area contributed by atoms with Crippen molar-refractivity contribution in [2.75, 3.05) is 0 Å². The van der Waals surface area contributed by atoms with Gasteiger partial charge in [-0.05, 0) is 29.9 Å². The fraction of sp³-hybridized carbons (Fsp3) is 0.667. The lowest BCUT2D eigenvalue weighted by atomic mass is 10.2. The summed E-state index contributed by atoms with van der Waals surface area (Å²) < 4.78 is 29.0. The summed E-state index contributed by atoms with van der Waals surface area (Å²) in [5.74, 6) is 0.738. The van der Waals surface area contributed by atoms with Gasteiger partial charge in [0.2, 0.25) is 0 Å². The Kier molecular flexibility index (Phi) is 6.58.